The Morgan fingerprint density at radius 3 is 1.87 bits per heavy atom. The van der Waals surface area contributed by atoms with Gasteiger partial charge < -0.3 is 19.1 Å². The number of hydrogen-bond donors (Lipinski definition) is 0. The van der Waals surface area contributed by atoms with Crippen LogP contribution >= 0.6 is 23.2 Å². The van der Waals surface area contributed by atoms with Crippen LogP contribution in [0, 0.1) is 0 Å². The minimum atomic E-state index is -5.06. The summed E-state index contributed by atoms with van der Waals surface area (Å²) in [5.41, 5.74) is -3.77. The molecule has 0 unspecified atom stereocenters. The van der Waals surface area contributed by atoms with E-state index < -0.39 is 71.6 Å². The first-order valence-electron chi connectivity index (χ1n) is 13.5. The van der Waals surface area contributed by atoms with E-state index in [0.717, 1.165) is 7.05 Å². The summed E-state index contributed by atoms with van der Waals surface area (Å²) >= 11 is 12.2. The fraction of sp³-hybridized carbons (Fsp3) is 0.577. The second-order valence-corrected chi connectivity index (χ2v) is 16.3. The zero-order valence-electron chi connectivity index (χ0n) is 25.8. The van der Waals surface area contributed by atoms with Crippen LogP contribution in [0.5, 0.6) is 11.6 Å². The Morgan fingerprint density at radius 1 is 0.936 bits per heavy atom. The van der Waals surface area contributed by atoms with E-state index in [9.17, 15) is 38.8 Å². The average molecular weight is 758 g/mol. The molecule has 0 atom stereocenters. The number of ether oxygens (including phenoxy) is 2. The molecule has 0 aliphatic carbocycles. The summed E-state index contributed by atoms with van der Waals surface area (Å²) < 4.78 is 124. The predicted octanol–water partition coefficient (Wildman–Crippen LogP) is 6.29. The number of sulfone groups is 2. The molecule has 0 saturated heterocycles. The molecule has 2 aliphatic heterocycles. The van der Waals surface area contributed by atoms with E-state index in [1.165, 1.54) is 26.0 Å². The van der Waals surface area contributed by atoms with Crippen molar-refractivity contribution < 1.29 is 57.9 Å². The minimum Gasteiger partial charge on any atom is -0.492 e. The van der Waals surface area contributed by atoms with Crippen molar-refractivity contribution >= 4 is 53.0 Å². The van der Waals surface area contributed by atoms with Gasteiger partial charge in [0.05, 0.1) is 28.7 Å². The lowest BCUT2D eigenvalue weighted by Crippen LogP contribution is -2.24. The first kappa shape index (κ1) is 38.5. The molecule has 21 heteroatoms. The second kappa shape index (κ2) is 13.9. The largest absolute Gasteiger partial charge is 0.492 e. The highest BCUT2D eigenvalue weighted by atomic mass is 35.5. The summed E-state index contributed by atoms with van der Waals surface area (Å²) in [4.78, 5) is 10.0. The Bertz CT molecular complexity index is 1780. The van der Waals surface area contributed by atoms with Crippen molar-refractivity contribution in [2.24, 2.45) is 17.4 Å². The molecule has 47 heavy (non-hydrogen) atoms. The van der Waals surface area contributed by atoms with Crippen molar-refractivity contribution in [3.05, 3.63) is 39.0 Å². The molecule has 0 bridgehead atoms. The van der Waals surface area contributed by atoms with Gasteiger partial charge in [0.25, 0.3) is 0 Å². The Morgan fingerprint density at radius 2 is 1.45 bits per heavy atom. The lowest BCUT2D eigenvalue weighted by molar-refractivity contribution is -0.142. The zero-order valence-corrected chi connectivity index (χ0v) is 28.9. The number of rotatable bonds is 8. The first-order valence-corrected chi connectivity index (χ1v) is 17.6. The van der Waals surface area contributed by atoms with Crippen LogP contribution in [0.1, 0.15) is 64.3 Å². The second-order valence-electron chi connectivity index (χ2n) is 11.5. The number of halogens is 7. The number of aromatic nitrogens is 2. The third kappa shape index (κ3) is 9.82. The lowest BCUT2D eigenvalue weighted by atomic mass is 10.1. The van der Waals surface area contributed by atoms with E-state index in [4.69, 9.17) is 37.6 Å². The fourth-order valence-corrected chi connectivity index (χ4v) is 7.79. The molecule has 4 rings (SSSR count). The number of oxime groups is 2. The van der Waals surface area contributed by atoms with Gasteiger partial charge in [0, 0.05) is 31.0 Å². The number of aryl methyl sites for hydroxylation is 1. The summed E-state index contributed by atoms with van der Waals surface area (Å²) in [5, 5.41) is 10.3. The zero-order chi connectivity index (χ0) is 35.8. The van der Waals surface area contributed by atoms with Gasteiger partial charge in [-0.25, -0.2) is 21.5 Å². The molecule has 2 aliphatic rings. The van der Waals surface area contributed by atoms with Gasteiger partial charge in [-0.2, -0.15) is 27.1 Å². The number of nitrogens with zero attached hydrogens (tertiary/aromatic N) is 4. The quantitative estimate of drug-likeness (QED) is 0.284. The number of benzene rings is 1. The molecular weight excluding hydrogens is 726 g/mol. The highest BCUT2D eigenvalue weighted by Crippen LogP contribution is 2.38. The summed E-state index contributed by atoms with van der Waals surface area (Å²) in [5.74, 6) is -2.09. The molecule has 0 fully saturated rings. The smallest absolute Gasteiger partial charge is 0.435 e. The molecule has 0 spiro atoms. The van der Waals surface area contributed by atoms with Crippen molar-refractivity contribution in [1.82, 2.24) is 9.78 Å². The minimum absolute atomic E-state index is 0.0265. The highest BCUT2D eigenvalue weighted by molar-refractivity contribution is 8.06. The molecule has 1 aromatic carbocycles. The van der Waals surface area contributed by atoms with Gasteiger partial charge in [-0.1, -0.05) is 33.5 Å². The van der Waals surface area contributed by atoms with Gasteiger partial charge >= 0.3 is 12.8 Å². The Hall–Kier alpha value is -2.90. The maximum absolute atomic E-state index is 13.1. The molecule has 2 aromatic rings. The van der Waals surface area contributed by atoms with E-state index in [1.54, 1.807) is 13.8 Å². The van der Waals surface area contributed by atoms with Crippen LogP contribution < -0.4 is 9.47 Å². The molecule has 3 heterocycles. The summed E-state index contributed by atoms with van der Waals surface area (Å²) in [6.45, 7) is 5.44. The maximum atomic E-state index is 13.1. The molecule has 1 aromatic heterocycles. The number of hydrogen-bond acceptors (Lipinski definition) is 11. The molecule has 12 nitrogen and oxygen atoms in total. The van der Waals surface area contributed by atoms with E-state index >= 15 is 0 Å². The standard InChI is InChI=1S/C14H17Cl2NO4S.C12H14F5N3O4S/c1-4-20-12-6-10(15)9(5-11(12)16)8-22(18,19)13-7-14(2,3)21-17-13;1-11(2)4-7(19-24-11)25(21,22)5-6-8(12(15,16)17)18-20(3)9(6)23-10(13)14/h5-6H,4,7-8H2,1-3H3;10H,4-5H2,1-3H3. The SMILES string of the molecule is CCOc1cc(Cl)c(CS(=O)(=O)C2=NOC(C)(C)C2)cc1Cl.Cn1nc(C(F)(F)F)c(CS(=O)(=O)C2=NOC(C)(C)C2)c1OC(F)F. The summed E-state index contributed by atoms with van der Waals surface area (Å²) in [7, 11) is -7.04. The Labute approximate surface area is 277 Å². The summed E-state index contributed by atoms with van der Waals surface area (Å²) in [6, 6.07) is 3.03. The van der Waals surface area contributed by atoms with Crippen molar-refractivity contribution in [3.8, 4) is 11.6 Å². The van der Waals surface area contributed by atoms with Crippen LogP contribution in [0.2, 0.25) is 10.0 Å². The molecule has 0 radical (unpaired) electrons. The van der Waals surface area contributed by atoms with Gasteiger partial charge in [-0.05, 0) is 46.2 Å². The predicted molar refractivity (Wildman–Crippen MR) is 162 cm³/mol. The van der Waals surface area contributed by atoms with Crippen LogP contribution in [0.15, 0.2) is 22.4 Å². The van der Waals surface area contributed by atoms with E-state index in [2.05, 4.69) is 20.1 Å². The summed E-state index contributed by atoms with van der Waals surface area (Å²) in [6.07, 6.45) is -4.99. The van der Waals surface area contributed by atoms with Crippen LogP contribution in [-0.4, -0.2) is 61.1 Å². The molecule has 0 amide bonds. The topological polar surface area (TPSA) is 148 Å². The van der Waals surface area contributed by atoms with Crippen molar-refractivity contribution in [1.29, 1.82) is 0 Å². The van der Waals surface area contributed by atoms with E-state index in [-0.39, 0.29) is 28.7 Å². The average Bonchev–Trinajstić information content (AvgIpc) is 3.57. The van der Waals surface area contributed by atoms with Gasteiger partial charge in [-0.15, -0.1) is 0 Å². The maximum Gasteiger partial charge on any atom is 0.435 e. The van der Waals surface area contributed by atoms with Crippen molar-refractivity contribution in [2.45, 2.75) is 83.0 Å². The molecule has 264 valence electrons. The van der Waals surface area contributed by atoms with Crippen molar-refractivity contribution in [3.63, 3.8) is 0 Å². The van der Waals surface area contributed by atoms with Gasteiger partial charge in [-0.3, -0.25) is 0 Å². The third-order valence-electron chi connectivity index (χ3n) is 6.30. The monoisotopic (exact) mass is 756 g/mol. The van der Waals surface area contributed by atoms with Crippen LogP contribution in [-0.2, 0) is 54.1 Å². The van der Waals surface area contributed by atoms with E-state index in [1.807, 2.05) is 6.92 Å². The molecular formula is C26H31Cl2F5N4O8S2. The molecule has 0 saturated carbocycles. The first-order chi connectivity index (χ1) is 21.4. The highest BCUT2D eigenvalue weighted by Gasteiger charge is 2.43. The van der Waals surface area contributed by atoms with E-state index in [0.29, 0.717) is 27.6 Å². The lowest BCUT2D eigenvalue weighted by Gasteiger charge is -2.13. The number of alkyl halides is 5. The Balaban J connectivity index is 0.000000257. The van der Waals surface area contributed by atoms with Gasteiger partial charge in [0.15, 0.2) is 35.5 Å². The molecule has 0 N–H and O–H groups in total. The fourth-order valence-electron chi connectivity index (χ4n) is 4.19. The van der Waals surface area contributed by atoms with Crippen LogP contribution in [0.3, 0.4) is 0 Å². The van der Waals surface area contributed by atoms with Crippen LogP contribution in [0.25, 0.3) is 0 Å². The Kier molecular flexibility index (Phi) is 11.4. The van der Waals surface area contributed by atoms with Gasteiger partial charge in [0.2, 0.25) is 5.88 Å². The van der Waals surface area contributed by atoms with Gasteiger partial charge in [0.1, 0.15) is 17.0 Å². The third-order valence-corrected chi connectivity index (χ3v) is 10.2. The normalized spacial score (nSPS) is 17.3. The van der Waals surface area contributed by atoms with Crippen molar-refractivity contribution in [2.75, 3.05) is 6.61 Å². The van der Waals surface area contributed by atoms with Crippen LogP contribution in [0.4, 0.5) is 22.0 Å².